The fourth-order valence-corrected chi connectivity index (χ4v) is 4.72. The standard InChI is InChI=1S/C17H22N2O4S/c1-2-3-8-18-15-13-6-4-5-7-14(13)24(21,22)16(15)17(20)19-9-11-23-12-10-19/h4-7,18H,2-3,8-12H2,1H3. The molecule has 0 unspecified atom stereocenters. The third-order valence-corrected chi connectivity index (χ3v) is 6.12. The Morgan fingerprint density at radius 2 is 1.96 bits per heavy atom. The van der Waals surface area contributed by atoms with Gasteiger partial charge in [-0.1, -0.05) is 31.5 Å². The van der Waals surface area contributed by atoms with E-state index in [1.165, 1.54) is 0 Å². The molecule has 2 heterocycles. The van der Waals surface area contributed by atoms with Crippen molar-refractivity contribution in [2.75, 3.05) is 32.8 Å². The van der Waals surface area contributed by atoms with Crippen molar-refractivity contribution < 1.29 is 17.9 Å². The van der Waals surface area contributed by atoms with Crippen LogP contribution in [0.4, 0.5) is 0 Å². The summed E-state index contributed by atoms with van der Waals surface area (Å²) < 4.78 is 31.1. The summed E-state index contributed by atoms with van der Waals surface area (Å²) in [6.07, 6.45) is 1.89. The molecule has 2 aliphatic rings. The van der Waals surface area contributed by atoms with Crippen LogP contribution in [0.25, 0.3) is 5.70 Å². The van der Waals surface area contributed by atoms with E-state index in [1.807, 2.05) is 0 Å². The number of hydrogen-bond acceptors (Lipinski definition) is 5. The van der Waals surface area contributed by atoms with E-state index in [1.54, 1.807) is 29.2 Å². The SMILES string of the molecule is CCCCNC1=C(C(=O)N2CCOCC2)S(=O)(=O)c2ccccc21. The van der Waals surface area contributed by atoms with Crippen LogP contribution in [0.1, 0.15) is 25.3 Å². The van der Waals surface area contributed by atoms with Crippen LogP contribution in [-0.4, -0.2) is 52.1 Å². The molecule has 0 aromatic heterocycles. The third-order valence-electron chi connectivity index (χ3n) is 4.27. The van der Waals surface area contributed by atoms with Crippen LogP contribution in [-0.2, 0) is 19.4 Å². The highest BCUT2D eigenvalue weighted by Gasteiger charge is 2.41. The van der Waals surface area contributed by atoms with Crippen molar-refractivity contribution in [2.24, 2.45) is 0 Å². The molecule has 1 aromatic rings. The number of hydrogen-bond donors (Lipinski definition) is 1. The lowest BCUT2D eigenvalue weighted by Gasteiger charge is -2.27. The lowest BCUT2D eigenvalue weighted by atomic mass is 10.1. The number of rotatable bonds is 5. The monoisotopic (exact) mass is 350 g/mol. The van der Waals surface area contributed by atoms with E-state index in [9.17, 15) is 13.2 Å². The Kier molecular flexibility index (Phi) is 4.91. The molecule has 1 fully saturated rings. The fraction of sp³-hybridized carbons (Fsp3) is 0.471. The Labute approximate surface area is 142 Å². The van der Waals surface area contributed by atoms with Crippen LogP contribution in [0.3, 0.4) is 0 Å². The van der Waals surface area contributed by atoms with Gasteiger partial charge in [0, 0.05) is 25.2 Å². The van der Waals surface area contributed by atoms with E-state index < -0.39 is 15.7 Å². The molecule has 6 nitrogen and oxygen atoms in total. The van der Waals surface area contributed by atoms with Crippen LogP contribution in [0.5, 0.6) is 0 Å². The molecule has 2 aliphatic heterocycles. The molecule has 130 valence electrons. The molecular weight excluding hydrogens is 328 g/mol. The van der Waals surface area contributed by atoms with Gasteiger partial charge in [-0.2, -0.15) is 0 Å². The van der Waals surface area contributed by atoms with Crippen molar-refractivity contribution in [3.05, 3.63) is 34.7 Å². The molecule has 7 heteroatoms. The highest BCUT2D eigenvalue weighted by molar-refractivity contribution is 7.97. The summed E-state index contributed by atoms with van der Waals surface area (Å²) in [5.41, 5.74) is 1.03. The largest absolute Gasteiger partial charge is 0.383 e. The molecule has 3 rings (SSSR count). The van der Waals surface area contributed by atoms with Crippen molar-refractivity contribution in [3.63, 3.8) is 0 Å². The average Bonchev–Trinajstić information content (AvgIpc) is 2.83. The Balaban J connectivity index is 2.03. The van der Waals surface area contributed by atoms with Crippen LogP contribution >= 0.6 is 0 Å². The Bertz CT molecular complexity index is 765. The Morgan fingerprint density at radius 1 is 1.25 bits per heavy atom. The first kappa shape index (κ1) is 17.0. The van der Waals surface area contributed by atoms with E-state index in [2.05, 4.69) is 12.2 Å². The van der Waals surface area contributed by atoms with Gasteiger partial charge in [-0.25, -0.2) is 8.42 Å². The first-order chi connectivity index (χ1) is 11.6. The number of nitrogens with zero attached hydrogens (tertiary/aromatic N) is 1. The van der Waals surface area contributed by atoms with Gasteiger partial charge in [0.1, 0.15) is 0 Å². The van der Waals surface area contributed by atoms with Gasteiger partial charge in [0.2, 0.25) is 9.84 Å². The van der Waals surface area contributed by atoms with Gasteiger partial charge in [0.05, 0.1) is 23.8 Å². The number of carbonyl (C=O) groups is 1. The van der Waals surface area contributed by atoms with Gasteiger partial charge >= 0.3 is 0 Å². The molecule has 1 amide bonds. The van der Waals surface area contributed by atoms with E-state index in [4.69, 9.17) is 4.74 Å². The zero-order valence-electron chi connectivity index (χ0n) is 13.7. The molecule has 1 N–H and O–H groups in total. The van der Waals surface area contributed by atoms with Gasteiger partial charge in [-0.05, 0) is 12.5 Å². The highest BCUT2D eigenvalue weighted by atomic mass is 32.2. The number of carbonyl (C=O) groups excluding carboxylic acids is 1. The van der Waals surface area contributed by atoms with E-state index in [-0.39, 0.29) is 9.80 Å². The molecule has 0 saturated carbocycles. The quantitative estimate of drug-likeness (QED) is 0.812. The van der Waals surface area contributed by atoms with Crippen molar-refractivity contribution >= 4 is 21.4 Å². The maximum atomic E-state index is 12.9. The van der Waals surface area contributed by atoms with Crippen LogP contribution in [0.2, 0.25) is 0 Å². The van der Waals surface area contributed by atoms with Crippen molar-refractivity contribution in [1.29, 1.82) is 0 Å². The van der Waals surface area contributed by atoms with Gasteiger partial charge in [0.15, 0.2) is 4.91 Å². The summed E-state index contributed by atoms with van der Waals surface area (Å²) in [7, 11) is -3.80. The molecule has 24 heavy (non-hydrogen) atoms. The summed E-state index contributed by atoms with van der Waals surface area (Å²) in [4.78, 5) is 14.6. The lowest BCUT2D eigenvalue weighted by Crippen LogP contribution is -2.42. The number of fused-ring (bicyclic) bond motifs is 1. The second-order valence-corrected chi connectivity index (χ2v) is 7.74. The number of sulfone groups is 1. The number of benzene rings is 1. The van der Waals surface area contributed by atoms with Gasteiger partial charge in [-0.3, -0.25) is 4.79 Å². The van der Waals surface area contributed by atoms with Crippen LogP contribution in [0.15, 0.2) is 34.1 Å². The number of morpholine rings is 1. The molecule has 0 radical (unpaired) electrons. The normalized spacial score (nSPS) is 19.3. The van der Waals surface area contributed by atoms with Crippen molar-refractivity contribution in [1.82, 2.24) is 10.2 Å². The van der Waals surface area contributed by atoms with Crippen LogP contribution in [0, 0.1) is 0 Å². The van der Waals surface area contributed by atoms with Gasteiger partial charge in [0.25, 0.3) is 5.91 Å². The summed E-state index contributed by atoms with van der Waals surface area (Å²) >= 11 is 0. The first-order valence-electron chi connectivity index (χ1n) is 8.27. The molecule has 1 aromatic carbocycles. The molecular formula is C17H22N2O4S. The highest BCUT2D eigenvalue weighted by Crippen LogP contribution is 2.38. The number of nitrogens with one attached hydrogen (secondary N) is 1. The molecule has 0 atom stereocenters. The third kappa shape index (κ3) is 2.93. The maximum absolute atomic E-state index is 12.9. The summed E-state index contributed by atoms with van der Waals surface area (Å²) in [5.74, 6) is -0.437. The first-order valence-corrected chi connectivity index (χ1v) is 9.75. The summed E-state index contributed by atoms with van der Waals surface area (Å²) in [6, 6.07) is 6.78. The lowest BCUT2D eigenvalue weighted by molar-refractivity contribution is -0.130. The zero-order valence-corrected chi connectivity index (χ0v) is 14.6. The minimum atomic E-state index is -3.80. The van der Waals surface area contributed by atoms with E-state index >= 15 is 0 Å². The molecule has 0 aliphatic carbocycles. The molecule has 0 bridgehead atoms. The van der Waals surface area contributed by atoms with Crippen LogP contribution < -0.4 is 5.32 Å². The second kappa shape index (κ2) is 6.94. The minimum Gasteiger partial charge on any atom is -0.383 e. The topological polar surface area (TPSA) is 75.7 Å². The smallest absolute Gasteiger partial charge is 0.268 e. The maximum Gasteiger partial charge on any atom is 0.268 e. The predicted molar refractivity (Wildman–Crippen MR) is 90.9 cm³/mol. The van der Waals surface area contributed by atoms with Crippen molar-refractivity contribution in [3.8, 4) is 0 Å². The molecule has 0 spiro atoms. The average molecular weight is 350 g/mol. The number of amides is 1. The van der Waals surface area contributed by atoms with Gasteiger partial charge < -0.3 is 15.0 Å². The minimum absolute atomic E-state index is 0.123. The van der Waals surface area contributed by atoms with E-state index in [0.29, 0.717) is 44.1 Å². The zero-order chi connectivity index (χ0) is 17.2. The number of unbranched alkanes of at least 4 members (excludes halogenated alkanes) is 1. The van der Waals surface area contributed by atoms with Gasteiger partial charge in [-0.15, -0.1) is 0 Å². The molecule has 1 saturated heterocycles. The summed E-state index contributed by atoms with van der Waals surface area (Å²) in [5, 5.41) is 3.19. The Morgan fingerprint density at radius 3 is 2.67 bits per heavy atom. The summed E-state index contributed by atoms with van der Waals surface area (Å²) in [6.45, 7) is 4.40. The van der Waals surface area contributed by atoms with E-state index in [0.717, 1.165) is 12.8 Å². The fourth-order valence-electron chi connectivity index (χ4n) is 2.97. The predicted octanol–water partition coefficient (Wildman–Crippen LogP) is 1.39. The Hall–Kier alpha value is -1.86. The second-order valence-electron chi connectivity index (χ2n) is 5.89. The van der Waals surface area contributed by atoms with Crippen molar-refractivity contribution in [2.45, 2.75) is 24.7 Å². The number of ether oxygens (including phenoxy) is 1.